The molecular weight excluding hydrogens is 266 g/mol. The third kappa shape index (κ3) is 2.05. The topological polar surface area (TPSA) is 41.6 Å². The summed E-state index contributed by atoms with van der Waals surface area (Å²) in [5.41, 5.74) is 11.1. The fraction of sp³-hybridized carbons (Fsp3) is 0.312. The summed E-state index contributed by atoms with van der Waals surface area (Å²) in [6, 6.07) is 8.82. The Labute approximate surface area is 122 Å². The van der Waals surface area contributed by atoms with Crippen molar-refractivity contribution in [2.45, 2.75) is 19.4 Å². The van der Waals surface area contributed by atoms with Crippen molar-refractivity contribution in [1.82, 2.24) is 4.90 Å². The first kappa shape index (κ1) is 12.1. The number of hydrogen-bond acceptors (Lipinski definition) is 4. The van der Waals surface area contributed by atoms with E-state index < -0.39 is 0 Å². The molecule has 2 aliphatic heterocycles. The Morgan fingerprint density at radius 1 is 1.20 bits per heavy atom. The maximum Gasteiger partial charge on any atom is 0.141 e. The number of amidine groups is 1. The van der Waals surface area contributed by atoms with Crippen LogP contribution in [0.3, 0.4) is 0 Å². The van der Waals surface area contributed by atoms with Gasteiger partial charge in [0.25, 0.3) is 0 Å². The molecule has 0 saturated carbocycles. The second-order valence-corrected chi connectivity index (χ2v) is 6.46. The third-order valence-corrected chi connectivity index (χ3v) is 5.08. The van der Waals surface area contributed by atoms with Crippen LogP contribution >= 0.6 is 11.3 Å². The Morgan fingerprint density at radius 2 is 2.10 bits per heavy atom. The van der Waals surface area contributed by atoms with E-state index in [1.54, 1.807) is 11.3 Å². The maximum atomic E-state index is 6.14. The molecule has 1 fully saturated rings. The Hall–Kier alpha value is -1.65. The number of benzene rings is 1. The Bertz CT molecular complexity index is 683. The van der Waals surface area contributed by atoms with Gasteiger partial charge >= 0.3 is 0 Å². The van der Waals surface area contributed by atoms with Crippen LogP contribution in [0.25, 0.3) is 0 Å². The van der Waals surface area contributed by atoms with E-state index in [2.05, 4.69) is 39.5 Å². The Balaban J connectivity index is 1.70. The first-order chi connectivity index (χ1) is 9.79. The summed E-state index contributed by atoms with van der Waals surface area (Å²) in [6.45, 7) is 3.48. The predicted octanol–water partition coefficient (Wildman–Crippen LogP) is 2.90. The van der Waals surface area contributed by atoms with Crippen molar-refractivity contribution in [3.8, 4) is 0 Å². The highest BCUT2D eigenvalue weighted by molar-refractivity contribution is 7.12. The molecule has 1 aromatic heterocycles. The van der Waals surface area contributed by atoms with Crippen LogP contribution in [0.2, 0.25) is 0 Å². The molecule has 0 spiro atoms. The zero-order chi connectivity index (χ0) is 13.5. The molecule has 2 aromatic rings. The smallest absolute Gasteiger partial charge is 0.141 e. The zero-order valence-corrected chi connectivity index (χ0v) is 12.1. The summed E-state index contributed by atoms with van der Waals surface area (Å²) in [5, 5.41) is 2.09. The second-order valence-electron chi connectivity index (χ2n) is 5.54. The van der Waals surface area contributed by atoms with Gasteiger partial charge in [0, 0.05) is 13.0 Å². The number of aliphatic imine (C=N–C) groups is 1. The van der Waals surface area contributed by atoms with E-state index in [9.17, 15) is 0 Å². The lowest BCUT2D eigenvalue weighted by molar-refractivity contribution is 0.172. The number of hydrogen-bond donors (Lipinski definition) is 1. The van der Waals surface area contributed by atoms with Gasteiger partial charge in [-0.15, -0.1) is 11.3 Å². The van der Waals surface area contributed by atoms with Crippen LogP contribution in [-0.4, -0.2) is 23.8 Å². The van der Waals surface area contributed by atoms with Crippen LogP contribution in [0.4, 0.5) is 5.69 Å². The average molecular weight is 283 g/mol. The van der Waals surface area contributed by atoms with Gasteiger partial charge < -0.3 is 5.73 Å². The Kier molecular flexibility index (Phi) is 2.86. The minimum Gasteiger partial charge on any atom is -0.382 e. The molecule has 0 unspecified atom stereocenters. The summed E-state index contributed by atoms with van der Waals surface area (Å²) < 4.78 is 0. The molecule has 102 valence electrons. The van der Waals surface area contributed by atoms with Gasteiger partial charge in [-0.1, -0.05) is 12.1 Å². The van der Waals surface area contributed by atoms with E-state index in [4.69, 9.17) is 5.73 Å². The number of likely N-dealkylation sites (tertiary alicyclic amines) is 1. The molecule has 2 N–H and O–H groups in total. The molecule has 0 atom stereocenters. The highest BCUT2D eigenvalue weighted by Gasteiger charge is 2.18. The lowest BCUT2D eigenvalue weighted by Gasteiger charge is -2.30. The number of fused-ring (bicyclic) bond motifs is 2. The molecule has 0 aliphatic carbocycles. The van der Waals surface area contributed by atoms with Crippen LogP contribution in [0.5, 0.6) is 0 Å². The fourth-order valence-corrected chi connectivity index (χ4v) is 3.67. The van der Waals surface area contributed by atoms with Crippen LogP contribution in [0.1, 0.15) is 28.0 Å². The normalized spacial score (nSPS) is 17.7. The number of nitrogens with two attached hydrogens (primary N) is 1. The number of rotatable bonds is 2. The summed E-state index contributed by atoms with van der Waals surface area (Å²) in [5.74, 6) is 0.662. The lowest BCUT2D eigenvalue weighted by atomic mass is 10.0. The van der Waals surface area contributed by atoms with Gasteiger partial charge in [-0.05, 0) is 53.7 Å². The molecular formula is C16H17N3S. The molecule has 0 amide bonds. The monoisotopic (exact) mass is 283 g/mol. The van der Waals surface area contributed by atoms with Gasteiger partial charge in [-0.25, -0.2) is 4.99 Å². The fourth-order valence-electron chi connectivity index (χ4n) is 2.84. The van der Waals surface area contributed by atoms with Crippen LogP contribution < -0.4 is 5.73 Å². The second kappa shape index (κ2) is 4.72. The minimum atomic E-state index is 0.662. The first-order valence-corrected chi connectivity index (χ1v) is 7.92. The molecule has 0 radical (unpaired) electrons. The quantitative estimate of drug-likeness (QED) is 0.920. The molecule has 4 heteroatoms. The van der Waals surface area contributed by atoms with Gasteiger partial charge in [0.2, 0.25) is 0 Å². The molecule has 3 heterocycles. The van der Waals surface area contributed by atoms with Crippen LogP contribution in [0, 0.1) is 0 Å². The highest BCUT2D eigenvalue weighted by atomic mass is 32.1. The standard InChI is InChI=1S/C16H17N3S/c17-16-15-13(4-7-20-15)9-12-3-2-11(8-14(12)18-16)10-19-5-1-6-19/h2-4,7-8H,1,5-6,9-10H2,(H2,17,18). The van der Waals surface area contributed by atoms with Crippen LogP contribution in [-0.2, 0) is 13.0 Å². The predicted molar refractivity (Wildman–Crippen MR) is 83.8 cm³/mol. The van der Waals surface area contributed by atoms with E-state index in [1.807, 2.05) is 0 Å². The van der Waals surface area contributed by atoms with E-state index >= 15 is 0 Å². The lowest BCUT2D eigenvalue weighted by Crippen LogP contribution is -2.36. The van der Waals surface area contributed by atoms with Gasteiger partial charge in [0.15, 0.2) is 0 Å². The molecule has 0 bridgehead atoms. The van der Waals surface area contributed by atoms with Crippen molar-refractivity contribution in [3.63, 3.8) is 0 Å². The van der Waals surface area contributed by atoms with E-state index in [1.165, 1.54) is 36.2 Å². The van der Waals surface area contributed by atoms with Gasteiger partial charge in [0.05, 0.1) is 10.6 Å². The number of thiophene rings is 1. The van der Waals surface area contributed by atoms with Crippen molar-refractivity contribution in [3.05, 3.63) is 51.2 Å². The van der Waals surface area contributed by atoms with Crippen molar-refractivity contribution in [2.24, 2.45) is 10.7 Å². The molecule has 20 heavy (non-hydrogen) atoms. The summed E-state index contributed by atoms with van der Waals surface area (Å²) in [6.07, 6.45) is 2.26. The molecule has 2 aliphatic rings. The largest absolute Gasteiger partial charge is 0.382 e. The minimum absolute atomic E-state index is 0.662. The number of nitrogens with zero attached hydrogens (tertiary/aromatic N) is 2. The summed E-state index contributed by atoms with van der Waals surface area (Å²) in [7, 11) is 0. The SMILES string of the molecule is NC1=Nc2cc(CN3CCC3)ccc2Cc2ccsc21. The molecule has 4 rings (SSSR count). The molecule has 1 saturated heterocycles. The van der Waals surface area contributed by atoms with Crippen molar-refractivity contribution in [2.75, 3.05) is 13.1 Å². The van der Waals surface area contributed by atoms with Crippen molar-refractivity contribution >= 4 is 22.9 Å². The van der Waals surface area contributed by atoms with E-state index in [0.29, 0.717) is 5.84 Å². The van der Waals surface area contributed by atoms with E-state index in [-0.39, 0.29) is 0 Å². The van der Waals surface area contributed by atoms with Crippen LogP contribution in [0.15, 0.2) is 34.6 Å². The summed E-state index contributed by atoms with van der Waals surface area (Å²) in [4.78, 5) is 8.24. The maximum absolute atomic E-state index is 6.14. The summed E-state index contributed by atoms with van der Waals surface area (Å²) >= 11 is 1.68. The van der Waals surface area contributed by atoms with Crippen molar-refractivity contribution < 1.29 is 0 Å². The van der Waals surface area contributed by atoms with Crippen molar-refractivity contribution in [1.29, 1.82) is 0 Å². The average Bonchev–Trinajstić information content (AvgIpc) is 2.80. The zero-order valence-electron chi connectivity index (χ0n) is 11.3. The highest BCUT2D eigenvalue weighted by Crippen LogP contribution is 2.31. The van der Waals surface area contributed by atoms with Gasteiger partial charge in [0.1, 0.15) is 5.84 Å². The molecule has 1 aromatic carbocycles. The van der Waals surface area contributed by atoms with Gasteiger partial charge in [-0.3, -0.25) is 4.90 Å². The first-order valence-electron chi connectivity index (χ1n) is 7.05. The van der Waals surface area contributed by atoms with E-state index in [0.717, 1.165) is 23.5 Å². The third-order valence-electron chi connectivity index (χ3n) is 4.11. The van der Waals surface area contributed by atoms with Gasteiger partial charge in [-0.2, -0.15) is 0 Å². The Morgan fingerprint density at radius 3 is 2.90 bits per heavy atom. The molecule has 3 nitrogen and oxygen atoms in total.